The van der Waals surface area contributed by atoms with Crippen molar-refractivity contribution in [3.8, 4) is 0 Å². The van der Waals surface area contributed by atoms with E-state index in [1.54, 1.807) is 24.3 Å². The van der Waals surface area contributed by atoms with Crippen LogP contribution in [0.25, 0.3) is 0 Å². The SMILES string of the molecule is O=C1[C@@H]2[C@H](C(=O)N1c1ccc(Sc3ccc([N+](=O)[O-])cc3)cc1)[C@@H]1C=C[C@H]2C1. The van der Waals surface area contributed by atoms with Gasteiger partial charge in [0.1, 0.15) is 0 Å². The van der Waals surface area contributed by atoms with E-state index in [-0.39, 0.29) is 41.2 Å². The zero-order valence-corrected chi connectivity index (χ0v) is 15.5. The number of non-ortho nitro benzene ring substituents is 1. The highest BCUT2D eigenvalue weighted by Gasteiger charge is 2.59. The molecule has 7 heteroatoms. The molecule has 0 aromatic heterocycles. The molecule has 1 saturated carbocycles. The molecule has 2 amide bonds. The van der Waals surface area contributed by atoms with E-state index in [9.17, 15) is 19.7 Å². The summed E-state index contributed by atoms with van der Waals surface area (Å²) in [7, 11) is 0. The Hall–Kier alpha value is -2.93. The number of hydrogen-bond acceptors (Lipinski definition) is 5. The van der Waals surface area contributed by atoms with Crippen LogP contribution < -0.4 is 4.90 Å². The van der Waals surface area contributed by atoms with Crippen molar-refractivity contribution in [3.63, 3.8) is 0 Å². The number of carbonyl (C=O) groups excluding carboxylic acids is 2. The number of amides is 2. The van der Waals surface area contributed by atoms with Crippen LogP contribution in [0.2, 0.25) is 0 Å². The first-order valence-corrected chi connectivity index (χ1v) is 9.93. The third-order valence-corrected chi connectivity index (χ3v) is 6.86. The van der Waals surface area contributed by atoms with E-state index >= 15 is 0 Å². The minimum Gasteiger partial charge on any atom is -0.274 e. The first-order valence-electron chi connectivity index (χ1n) is 9.11. The molecule has 1 saturated heterocycles. The molecule has 3 aliphatic rings. The number of carbonyl (C=O) groups is 2. The van der Waals surface area contributed by atoms with E-state index < -0.39 is 4.92 Å². The summed E-state index contributed by atoms with van der Waals surface area (Å²) in [5.41, 5.74) is 0.664. The van der Waals surface area contributed by atoms with Gasteiger partial charge in [0.25, 0.3) is 5.69 Å². The summed E-state index contributed by atoms with van der Waals surface area (Å²) in [5, 5.41) is 10.7. The van der Waals surface area contributed by atoms with Crippen LogP contribution in [0.4, 0.5) is 11.4 Å². The normalized spacial score (nSPS) is 27.5. The molecule has 2 aliphatic carbocycles. The fourth-order valence-corrected chi connectivity index (χ4v) is 5.41. The van der Waals surface area contributed by atoms with E-state index in [0.29, 0.717) is 5.69 Å². The number of imide groups is 1. The molecule has 2 aromatic carbocycles. The van der Waals surface area contributed by atoms with Crippen LogP contribution in [0.1, 0.15) is 6.42 Å². The van der Waals surface area contributed by atoms with Crippen molar-refractivity contribution in [2.45, 2.75) is 16.2 Å². The minimum atomic E-state index is -0.426. The number of nitrogens with zero attached hydrogens (tertiary/aromatic N) is 2. The molecule has 5 rings (SSSR count). The lowest BCUT2D eigenvalue weighted by atomic mass is 9.85. The van der Waals surface area contributed by atoms with Crippen LogP contribution in [0, 0.1) is 33.8 Å². The number of hydrogen-bond donors (Lipinski definition) is 0. The zero-order valence-electron chi connectivity index (χ0n) is 14.7. The number of fused-ring (bicyclic) bond motifs is 5. The maximum absolute atomic E-state index is 12.9. The summed E-state index contributed by atoms with van der Waals surface area (Å²) in [6.07, 6.45) is 5.10. The molecule has 2 bridgehead atoms. The predicted molar refractivity (Wildman–Crippen MR) is 104 cm³/mol. The quantitative estimate of drug-likeness (QED) is 0.339. The van der Waals surface area contributed by atoms with Crippen LogP contribution in [-0.4, -0.2) is 16.7 Å². The second kappa shape index (κ2) is 6.31. The zero-order chi connectivity index (χ0) is 19.4. The number of anilines is 1. The Bertz CT molecular complexity index is 986. The Kier molecular flexibility index (Phi) is 3.87. The van der Waals surface area contributed by atoms with Gasteiger partial charge in [-0.2, -0.15) is 0 Å². The maximum Gasteiger partial charge on any atom is 0.269 e. The first kappa shape index (κ1) is 17.2. The molecule has 6 nitrogen and oxygen atoms in total. The van der Waals surface area contributed by atoms with Gasteiger partial charge in [0.05, 0.1) is 22.4 Å². The highest BCUT2D eigenvalue weighted by molar-refractivity contribution is 7.99. The van der Waals surface area contributed by atoms with Gasteiger partial charge in [0.15, 0.2) is 0 Å². The molecule has 28 heavy (non-hydrogen) atoms. The Morgan fingerprint density at radius 1 is 0.857 bits per heavy atom. The number of rotatable bonds is 4. The van der Waals surface area contributed by atoms with Crippen molar-refractivity contribution in [1.29, 1.82) is 0 Å². The van der Waals surface area contributed by atoms with Crippen LogP contribution in [0.15, 0.2) is 70.5 Å². The number of nitro groups is 1. The molecule has 0 unspecified atom stereocenters. The summed E-state index contributed by atoms with van der Waals surface area (Å²) in [6, 6.07) is 13.7. The largest absolute Gasteiger partial charge is 0.274 e. The Labute approximate surface area is 165 Å². The van der Waals surface area contributed by atoms with E-state index in [1.165, 1.54) is 28.8 Å². The highest BCUT2D eigenvalue weighted by atomic mass is 32.2. The average Bonchev–Trinajstić information content (AvgIpc) is 3.37. The lowest BCUT2D eigenvalue weighted by Crippen LogP contribution is -2.32. The second-order valence-electron chi connectivity index (χ2n) is 7.36. The van der Waals surface area contributed by atoms with Gasteiger partial charge in [0.2, 0.25) is 11.8 Å². The Morgan fingerprint density at radius 2 is 1.36 bits per heavy atom. The maximum atomic E-state index is 12.9. The van der Waals surface area contributed by atoms with Crippen molar-refractivity contribution in [1.82, 2.24) is 0 Å². The molecule has 0 radical (unpaired) electrons. The van der Waals surface area contributed by atoms with Crippen LogP contribution in [0.3, 0.4) is 0 Å². The monoisotopic (exact) mass is 392 g/mol. The van der Waals surface area contributed by atoms with E-state index in [1.807, 2.05) is 12.1 Å². The van der Waals surface area contributed by atoms with Gasteiger partial charge in [0, 0.05) is 21.9 Å². The third kappa shape index (κ3) is 2.57. The van der Waals surface area contributed by atoms with Gasteiger partial charge in [-0.25, -0.2) is 0 Å². The van der Waals surface area contributed by atoms with Gasteiger partial charge in [-0.1, -0.05) is 23.9 Å². The molecule has 1 heterocycles. The fraction of sp³-hybridized carbons (Fsp3) is 0.238. The summed E-state index contributed by atoms with van der Waals surface area (Å²) >= 11 is 1.47. The van der Waals surface area contributed by atoms with Gasteiger partial charge < -0.3 is 0 Å². The molecule has 4 atom stereocenters. The van der Waals surface area contributed by atoms with Crippen molar-refractivity contribution in [3.05, 3.63) is 70.8 Å². The van der Waals surface area contributed by atoms with E-state index in [2.05, 4.69) is 12.2 Å². The predicted octanol–water partition coefficient (Wildman–Crippen LogP) is 4.06. The van der Waals surface area contributed by atoms with Crippen LogP contribution >= 0.6 is 11.8 Å². The van der Waals surface area contributed by atoms with Crippen molar-refractivity contribution < 1.29 is 14.5 Å². The topological polar surface area (TPSA) is 80.5 Å². The molecular formula is C21H16N2O4S. The summed E-state index contributed by atoms with van der Waals surface area (Å²) < 4.78 is 0. The lowest BCUT2D eigenvalue weighted by molar-refractivity contribution is -0.384. The van der Waals surface area contributed by atoms with E-state index in [4.69, 9.17) is 0 Å². The minimum absolute atomic E-state index is 0.0553. The fourth-order valence-electron chi connectivity index (χ4n) is 4.59. The van der Waals surface area contributed by atoms with Crippen LogP contribution in [0.5, 0.6) is 0 Å². The molecule has 0 spiro atoms. The first-order chi connectivity index (χ1) is 13.5. The van der Waals surface area contributed by atoms with Gasteiger partial charge in [-0.3, -0.25) is 24.6 Å². The third-order valence-electron chi connectivity index (χ3n) is 5.85. The average molecular weight is 392 g/mol. The van der Waals surface area contributed by atoms with Crippen molar-refractivity contribution in [2.24, 2.45) is 23.7 Å². The molecule has 2 fully saturated rings. The van der Waals surface area contributed by atoms with Gasteiger partial charge in [-0.05, 0) is 54.7 Å². The number of benzene rings is 2. The van der Waals surface area contributed by atoms with Crippen molar-refractivity contribution in [2.75, 3.05) is 4.90 Å². The van der Waals surface area contributed by atoms with Gasteiger partial charge >= 0.3 is 0 Å². The molecular weight excluding hydrogens is 376 g/mol. The smallest absolute Gasteiger partial charge is 0.269 e. The Balaban J connectivity index is 1.34. The molecule has 0 N–H and O–H groups in total. The van der Waals surface area contributed by atoms with Crippen LogP contribution in [-0.2, 0) is 9.59 Å². The van der Waals surface area contributed by atoms with Gasteiger partial charge in [-0.15, -0.1) is 0 Å². The standard InChI is InChI=1S/C21H16N2O4S/c24-20-18-12-1-2-13(11-12)19(18)21(25)22(20)14-3-7-16(8-4-14)28-17-9-5-15(6-10-17)23(26)27/h1-10,12-13,18-19H,11H2/t12-,13+,18-,19+. The molecule has 1 aliphatic heterocycles. The molecule has 2 aromatic rings. The Morgan fingerprint density at radius 3 is 1.86 bits per heavy atom. The van der Waals surface area contributed by atoms with E-state index in [0.717, 1.165) is 16.2 Å². The molecule has 140 valence electrons. The highest BCUT2D eigenvalue weighted by Crippen LogP contribution is 2.53. The lowest BCUT2D eigenvalue weighted by Gasteiger charge is -2.17. The number of allylic oxidation sites excluding steroid dienone is 2. The summed E-state index contributed by atoms with van der Waals surface area (Å²) in [6.45, 7) is 0. The summed E-state index contributed by atoms with van der Waals surface area (Å²) in [4.78, 5) is 39.2. The second-order valence-corrected chi connectivity index (χ2v) is 8.51. The number of nitro benzene ring substituents is 1. The van der Waals surface area contributed by atoms with Crippen molar-refractivity contribution >= 4 is 35.0 Å². The summed E-state index contributed by atoms with van der Waals surface area (Å²) in [5.74, 6) is -0.152.